The number of nitrogens with zero attached hydrogens (tertiary/aromatic N) is 3. The zero-order chi connectivity index (χ0) is 18.1. The van der Waals surface area contributed by atoms with Gasteiger partial charge in [-0.15, -0.1) is 0 Å². The molecule has 2 aromatic heterocycles. The first-order chi connectivity index (χ1) is 12.6. The molecule has 0 aliphatic rings. The average molecular weight is 345 g/mol. The number of fused-ring (bicyclic) bond motifs is 1. The van der Waals surface area contributed by atoms with Crippen molar-refractivity contribution in [3.8, 4) is 17.0 Å². The smallest absolute Gasteiger partial charge is 0.196 e. The highest BCUT2D eigenvalue weighted by Crippen LogP contribution is 2.23. The van der Waals surface area contributed by atoms with Crippen molar-refractivity contribution in [2.45, 2.75) is 0 Å². The molecular weight excluding hydrogens is 333 g/mol. The van der Waals surface area contributed by atoms with Gasteiger partial charge in [0.25, 0.3) is 0 Å². The first kappa shape index (κ1) is 15.8. The van der Waals surface area contributed by atoms with E-state index in [-0.39, 0.29) is 11.1 Å². The summed E-state index contributed by atoms with van der Waals surface area (Å²) in [5.74, 6) is -2.03. The summed E-state index contributed by atoms with van der Waals surface area (Å²) in [6.07, 6.45) is 4.97. The van der Waals surface area contributed by atoms with E-state index in [2.05, 4.69) is 15.0 Å². The number of aromatic hydroxyl groups is 1. The summed E-state index contributed by atoms with van der Waals surface area (Å²) in [6.45, 7) is 0. The van der Waals surface area contributed by atoms with Gasteiger partial charge in [-0.1, -0.05) is 6.07 Å². The molecule has 1 N–H and O–H groups in total. The van der Waals surface area contributed by atoms with Crippen molar-refractivity contribution in [3.05, 3.63) is 84.1 Å². The predicted molar refractivity (Wildman–Crippen MR) is 94.3 cm³/mol. The molecule has 0 amide bonds. The van der Waals surface area contributed by atoms with Crippen LogP contribution in [0.5, 0.6) is 5.75 Å². The van der Waals surface area contributed by atoms with Gasteiger partial charge in [-0.05, 0) is 42.5 Å². The van der Waals surface area contributed by atoms with Crippen LogP contribution in [0.2, 0.25) is 0 Å². The number of phenolic OH excluding ortho intramolecular Hbond substituents is 1. The van der Waals surface area contributed by atoms with Crippen LogP contribution in [0.4, 0.5) is 4.39 Å². The van der Waals surface area contributed by atoms with Gasteiger partial charge in [0.1, 0.15) is 0 Å². The Morgan fingerprint density at radius 1 is 1.00 bits per heavy atom. The summed E-state index contributed by atoms with van der Waals surface area (Å²) in [5.41, 5.74) is 2.63. The molecule has 2 heterocycles. The Kier molecular flexibility index (Phi) is 3.85. The maximum atomic E-state index is 14.0. The molecular formula is C20H12FN3O2. The Bertz CT molecular complexity index is 1130. The van der Waals surface area contributed by atoms with Crippen LogP contribution in [0, 0.1) is 5.82 Å². The molecule has 0 bridgehead atoms. The normalized spacial score (nSPS) is 10.8. The maximum Gasteiger partial charge on any atom is 0.196 e. The molecule has 0 aliphatic carbocycles. The van der Waals surface area contributed by atoms with Crippen LogP contribution in [-0.2, 0) is 0 Å². The van der Waals surface area contributed by atoms with Gasteiger partial charge in [-0.2, -0.15) is 0 Å². The van der Waals surface area contributed by atoms with Crippen molar-refractivity contribution in [2.24, 2.45) is 0 Å². The molecule has 0 saturated carbocycles. The first-order valence-corrected chi connectivity index (χ1v) is 7.83. The van der Waals surface area contributed by atoms with Crippen LogP contribution in [0.3, 0.4) is 0 Å². The minimum absolute atomic E-state index is 0.194. The third kappa shape index (κ3) is 2.77. The first-order valence-electron chi connectivity index (χ1n) is 7.83. The van der Waals surface area contributed by atoms with Gasteiger partial charge < -0.3 is 5.11 Å². The van der Waals surface area contributed by atoms with Crippen LogP contribution >= 0.6 is 0 Å². The number of carbonyl (C=O) groups is 1. The third-order valence-corrected chi connectivity index (χ3v) is 3.98. The van der Waals surface area contributed by atoms with E-state index in [1.54, 1.807) is 42.9 Å². The van der Waals surface area contributed by atoms with E-state index in [1.807, 2.05) is 6.07 Å². The number of aromatic nitrogens is 3. The SMILES string of the molecule is O=C(c1ccc2ncc(-c3cccnc3)nc2c1)c1cccc(O)c1F. The summed E-state index contributed by atoms with van der Waals surface area (Å²) in [7, 11) is 0. The number of halogens is 1. The Balaban J connectivity index is 1.79. The zero-order valence-corrected chi connectivity index (χ0v) is 13.4. The minimum atomic E-state index is -0.937. The molecule has 0 radical (unpaired) electrons. The lowest BCUT2D eigenvalue weighted by atomic mass is 10.0. The van der Waals surface area contributed by atoms with Gasteiger partial charge in [-0.3, -0.25) is 14.8 Å². The largest absolute Gasteiger partial charge is 0.505 e. The fraction of sp³-hybridized carbons (Fsp3) is 0. The van der Waals surface area contributed by atoms with Crippen LogP contribution in [0.15, 0.2) is 67.1 Å². The number of benzene rings is 2. The second-order valence-corrected chi connectivity index (χ2v) is 5.67. The molecule has 5 nitrogen and oxygen atoms in total. The van der Waals surface area contributed by atoms with Crippen molar-refractivity contribution >= 4 is 16.8 Å². The van der Waals surface area contributed by atoms with Crippen molar-refractivity contribution in [3.63, 3.8) is 0 Å². The van der Waals surface area contributed by atoms with Crippen molar-refractivity contribution in [1.29, 1.82) is 0 Å². The van der Waals surface area contributed by atoms with Crippen LogP contribution in [-0.4, -0.2) is 25.8 Å². The van der Waals surface area contributed by atoms with Crippen molar-refractivity contribution in [1.82, 2.24) is 15.0 Å². The fourth-order valence-corrected chi connectivity index (χ4v) is 2.66. The predicted octanol–water partition coefficient (Wildman–Crippen LogP) is 3.77. The van der Waals surface area contributed by atoms with Crippen LogP contribution in [0.25, 0.3) is 22.3 Å². The van der Waals surface area contributed by atoms with Crippen LogP contribution < -0.4 is 0 Å². The molecule has 2 aromatic carbocycles. The van der Waals surface area contributed by atoms with Gasteiger partial charge in [0, 0.05) is 23.5 Å². The van der Waals surface area contributed by atoms with Crippen LogP contribution in [0.1, 0.15) is 15.9 Å². The van der Waals surface area contributed by atoms with E-state index in [0.717, 1.165) is 5.56 Å². The lowest BCUT2D eigenvalue weighted by molar-refractivity contribution is 0.103. The Labute approximate surface area is 147 Å². The fourth-order valence-electron chi connectivity index (χ4n) is 2.66. The zero-order valence-electron chi connectivity index (χ0n) is 13.4. The molecule has 126 valence electrons. The van der Waals surface area contributed by atoms with E-state index in [9.17, 15) is 14.3 Å². The highest BCUT2D eigenvalue weighted by molar-refractivity contribution is 6.10. The Morgan fingerprint density at radius 2 is 1.88 bits per heavy atom. The topological polar surface area (TPSA) is 76.0 Å². The molecule has 0 aliphatic heterocycles. The summed E-state index contributed by atoms with van der Waals surface area (Å²) < 4.78 is 14.0. The second-order valence-electron chi connectivity index (χ2n) is 5.67. The summed E-state index contributed by atoms with van der Waals surface area (Å²) >= 11 is 0. The van der Waals surface area contributed by atoms with E-state index < -0.39 is 17.3 Å². The molecule has 0 fully saturated rings. The molecule has 0 spiro atoms. The molecule has 26 heavy (non-hydrogen) atoms. The van der Waals surface area contributed by atoms with Gasteiger partial charge in [0.05, 0.1) is 28.5 Å². The number of phenols is 1. The number of hydrogen-bond acceptors (Lipinski definition) is 5. The molecule has 0 unspecified atom stereocenters. The van der Waals surface area contributed by atoms with Gasteiger partial charge >= 0.3 is 0 Å². The Hall–Kier alpha value is -3.67. The molecule has 4 aromatic rings. The van der Waals surface area contributed by atoms with Gasteiger partial charge in [0.2, 0.25) is 0 Å². The number of carbonyl (C=O) groups excluding carboxylic acids is 1. The summed E-state index contributed by atoms with van der Waals surface area (Å²) in [5, 5.41) is 9.47. The van der Waals surface area contributed by atoms with Crippen molar-refractivity contribution in [2.75, 3.05) is 0 Å². The lowest BCUT2D eigenvalue weighted by Gasteiger charge is -2.06. The van der Waals surface area contributed by atoms with E-state index >= 15 is 0 Å². The molecule has 6 heteroatoms. The van der Waals surface area contributed by atoms with E-state index in [4.69, 9.17) is 0 Å². The summed E-state index contributed by atoms with van der Waals surface area (Å²) in [6, 6.07) is 12.4. The quantitative estimate of drug-likeness (QED) is 0.572. The standard InChI is InChI=1S/C20H12FN3O2/c21-19-14(4-1-5-18(19)25)20(26)12-6-7-15-16(9-12)24-17(11-23-15)13-3-2-8-22-10-13/h1-11,25H. The Morgan fingerprint density at radius 3 is 2.69 bits per heavy atom. The monoisotopic (exact) mass is 345 g/mol. The highest BCUT2D eigenvalue weighted by Gasteiger charge is 2.17. The number of rotatable bonds is 3. The van der Waals surface area contributed by atoms with Gasteiger partial charge in [0.15, 0.2) is 17.3 Å². The lowest BCUT2D eigenvalue weighted by Crippen LogP contribution is -2.04. The molecule has 0 saturated heterocycles. The highest BCUT2D eigenvalue weighted by atomic mass is 19.1. The maximum absolute atomic E-state index is 14.0. The van der Waals surface area contributed by atoms with Crippen molar-refractivity contribution < 1.29 is 14.3 Å². The number of ketones is 1. The second kappa shape index (κ2) is 6.33. The minimum Gasteiger partial charge on any atom is -0.505 e. The number of pyridine rings is 1. The van der Waals surface area contributed by atoms with Gasteiger partial charge in [-0.25, -0.2) is 9.37 Å². The number of hydrogen-bond donors (Lipinski definition) is 1. The van der Waals surface area contributed by atoms with E-state index in [1.165, 1.54) is 18.2 Å². The third-order valence-electron chi connectivity index (χ3n) is 3.98. The average Bonchev–Trinajstić information content (AvgIpc) is 2.69. The summed E-state index contributed by atoms with van der Waals surface area (Å²) in [4.78, 5) is 25.5. The molecule has 0 atom stereocenters. The molecule has 4 rings (SSSR count). The van der Waals surface area contributed by atoms with E-state index in [0.29, 0.717) is 16.7 Å².